The van der Waals surface area contributed by atoms with Crippen LogP contribution in [0.5, 0.6) is 0 Å². The molecule has 1 heterocycles. The summed E-state index contributed by atoms with van der Waals surface area (Å²) in [6.45, 7) is 4.52. The second-order valence-electron chi connectivity index (χ2n) is 4.59. The van der Waals surface area contributed by atoms with Gasteiger partial charge in [0.05, 0.1) is 5.56 Å². The number of hydrogen-bond donors (Lipinski definition) is 1. The highest BCUT2D eigenvalue weighted by Crippen LogP contribution is 2.29. The number of aryl methyl sites for hydroxylation is 1. The SMILES string of the molecule is Cc1cnc(CNC(C)c2ccc(C(F)(F)F)cc2)s1. The summed E-state index contributed by atoms with van der Waals surface area (Å²) in [5.74, 6) is 0. The molecule has 0 aliphatic rings. The minimum Gasteiger partial charge on any atom is -0.304 e. The van der Waals surface area contributed by atoms with Gasteiger partial charge < -0.3 is 5.32 Å². The van der Waals surface area contributed by atoms with E-state index < -0.39 is 11.7 Å². The van der Waals surface area contributed by atoms with Crippen molar-refractivity contribution in [2.45, 2.75) is 32.6 Å². The van der Waals surface area contributed by atoms with Crippen molar-refractivity contribution in [3.05, 3.63) is 51.5 Å². The maximum atomic E-state index is 12.5. The molecule has 2 aromatic rings. The van der Waals surface area contributed by atoms with E-state index in [1.165, 1.54) is 12.1 Å². The predicted octanol–water partition coefficient (Wildman–Crippen LogP) is 4.32. The Hall–Kier alpha value is -1.40. The van der Waals surface area contributed by atoms with Crippen molar-refractivity contribution in [3.8, 4) is 0 Å². The van der Waals surface area contributed by atoms with E-state index in [4.69, 9.17) is 0 Å². The van der Waals surface area contributed by atoms with Crippen LogP contribution >= 0.6 is 11.3 Å². The third kappa shape index (κ3) is 3.80. The molecule has 0 aliphatic carbocycles. The first-order valence-corrected chi connectivity index (χ1v) is 7.00. The zero-order valence-electron chi connectivity index (χ0n) is 11.2. The molecule has 6 heteroatoms. The van der Waals surface area contributed by atoms with E-state index in [2.05, 4.69) is 10.3 Å². The number of hydrogen-bond acceptors (Lipinski definition) is 3. The maximum Gasteiger partial charge on any atom is 0.416 e. The zero-order valence-corrected chi connectivity index (χ0v) is 12.0. The van der Waals surface area contributed by atoms with Crippen molar-refractivity contribution in [1.82, 2.24) is 10.3 Å². The van der Waals surface area contributed by atoms with Gasteiger partial charge in [-0.15, -0.1) is 11.3 Å². The summed E-state index contributed by atoms with van der Waals surface area (Å²) in [5, 5.41) is 4.23. The Kier molecular flexibility index (Phi) is 4.45. The molecule has 1 aromatic carbocycles. The fraction of sp³-hybridized carbons (Fsp3) is 0.357. The first kappa shape index (κ1) is 15.0. The first-order valence-electron chi connectivity index (χ1n) is 6.18. The van der Waals surface area contributed by atoms with Gasteiger partial charge in [-0.25, -0.2) is 4.98 Å². The van der Waals surface area contributed by atoms with Crippen molar-refractivity contribution in [1.29, 1.82) is 0 Å². The highest BCUT2D eigenvalue weighted by atomic mass is 32.1. The van der Waals surface area contributed by atoms with Gasteiger partial charge in [0.15, 0.2) is 0 Å². The molecule has 0 fully saturated rings. The van der Waals surface area contributed by atoms with E-state index in [1.807, 2.05) is 20.0 Å². The second-order valence-corrected chi connectivity index (χ2v) is 5.91. The highest BCUT2D eigenvalue weighted by molar-refractivity contribution is 7.11. The van der Waals surface area contributed by atoms with E-state index in [9.17, 15) is 13.2 Å². The molecular formula is C14H15F3N2S. The lowest BCUT2D eigenvalue weighted by Crippen LogP contribution is -2.18. The first-order chi connectivity index (χ1) is 9.36. The number of alkyl halides is 3. The Balaban J connectivity index is 1.97. The summed E-state index contributed by atoms with van der Waals surface area (Å²) in [7, 11) is 0. The highest BCUT2D eigenvalue weighted by Gasteiger charge is 2.30. The van der Waals surface area contributed by atoms with Crippen LogP contribution in [-0.4, -0.2) is 4.98 Å². The lowest BCUT2D eigenvalue weighted by molar-refractivity contribution is -0.137. The Morgan fingerprint density at radius 1 is 1.25 bits per heavy atom. The number of benzene rings is 1. The van der Waals surface area contributed by atoms with Crippen LogP contribution in [0.3, 0.4) is 0 Å². The molecule has 0 amide bonds. The number of aromatic nitrogens is 1. The zero-order chi connectivity index (χ0) is 14.8. The van der Waals surface area contributed by atoms with Crippen molar-refractivity contribution >= 4 is 11.3 Å². The molecule has 0 radical (unpaired) electrons. The average molecular weight is 300 g/mol. The Morgan fingerprint density at radius 3 is 2.40 bits per heavy atom. The van der Waals surface area contributed by atoms with Gasteiger partial charge in [-0.1, -0.05) is 12.1 Å². The predicted molar refractivity (Wildman–Crippen MR) is 73.5 cm³/mol. The van der Waals surface area contributed by atoms with Gasteiger partial charge in [-0.05, 0) is 31.5 Å². The molecule has 1 unspecified atom stereocenters. The Morgan fingerprint density at radius 2 is 1.90 bits per heavy atom. The number of rotatable bonds is 4. The van der Waals surface area contributed by atoms with Crippen LogP contribution in [-0.2, 0) is 12.7 Å². The third-order valence-electron chi connectivity index (χ3n) is 2.97. The average Bonchev–Trinajstić information content (AvgIpc) is 2.81. The molecular weight excluding hydrogens is 285 g/mol. The van der Waals surface area contributed by atoms with Gasteiger partial charge in [0.1, 0.15) is 5.01 Å². The van der Waals surface area contributed by atoms with Crippen LogP contribution in [0.2, 0.25) is 0 Å². The minimum atomic E-state index is -4.28. The van der Waals surface area contributed by atoms with Gasteiger partial charge in [0, 0.05) is 23.7 Å². The number of halogens is 3. The van der Waals surface area contributed by atoms with Crippen LogP contribution in [0.1, 0.15) is 34.0 Å². The molecule has 1 aromatic heterocycles. The molecule has 0 spiro atoms. The van der Waals surface area contributed by atoms with Crippen LogP contribution in [0, 0.1) is 6.92 Å². The Bertz CT molecular complexity index is 561. The lowest BCUT2D eigenvalue weighted by Gasteiger charge is -2.14. The molecule has 0 saturated carbocycles. The van der Waals surface area contributed by atoms with Crippen LogP contribution < -0.4 is 5.32 Å². The van der Waals surface area contributed by atoms with Gasteiger partial charge in [0.2, 0.25) is 0 Å². The fourth-order valence-electron chi connectivity index (χ4n) is 1.80. The summed E-state index contributed by atoms with van der Waals surface area (Å²) in [6.07, 6.45) is -2.47. The van der Waals surface area contributed by atoms with Gasteiger partial charge in [0.25, 0.3) is 0 Å². The van der Waals surface area contributed by atoms with Crippen LogP contribution in [0.25, 0.3) is 0 Å². The second kappa shape index (κ2) is 5.93. The molecule has 2 nitrogen and oxygen atoms in total. The molecule has 0 saturated heterocycles. The van der Waals surface area contributed by atoms with E-state index in [-0.39, 0.29) is 6.04 Å². The summed E-state index contributed by atoms with van der Waals surface area (Å²) < 4.78 is 37.4. The van der Waals surface area contributed by atoms with Crippen LogP contribution in [0.15, 0.2) is 30.5 Å². The van der Waals surface area contributed by atoms with Crippen molar-refractivity contribution in [3.63, 3.8) is 0 Å². The van der Waals surface area contributed by atoms with E-state index in [0.29, 0.717) is 6.54 Å². The summed E-state index contributed by atoms with van der Waals surface area (Å²) in [6, 6.07) is 5.21. The van der Waals surface area contributed by atoms with E-state index >= 15 is 0 Å². The fourth-order valence-corrected chi connectivity index (χ4v) is 2.54. The lowest BCUT2D eigenvalue weighted by atomic mass is 10.1. The van der Waals surface area contributed by atoms with E-state index in [0.717, 1.165) is 27.6 Å². The Labute approximate surface area is 119 Å². The van der Waals surface area contributed by atoms with Gasteiger partial charge >= 0.3 is 6.18 Å². The number of thiazole rings is 1. The molecule has 20 heavy (non-hydrogen) atoms. The van der Waals surface area contributed by atoms with Crippen molar-refractivity contribution in [2.24, 2.45) is 0 Å². The smallest absolute Gasteiger partial charge is 0.304 e. The van der Waals surface area contributed by atoms with Crippen LogP contribution in [0.4, 0.5) is 13.2 Å². The summed E-state index contributed by atoms with van der Waals surface area (Å²) >= 11 is 1.61. The quantitative estimate of drug-likeness (QED) is 0.909. The molecule has 1 atom stereocenters. The van der Waals surface area contributed by atoms with Gasteiger partial charge in [-0.3, -0.25) is 0 Å². The van der Waals surface area contributed by atoms with Gasteiger partial charge in [-0.2, -0.15) is 13.2 Å². The standard InChI is InChI=1S/C14H15F3N2S/c1-9-7-19-13(20-9)8-18-10(2)11-3-5-12(6-4-11)14(15,16)17/h3-7,10,18H,8H2,1-2H3. The molecule has 108 valence electrons. The molecule has 1 N–H and O–H groups in total. The van der Waals surface area contributed by atoms with Crippen molar-refractivity contribution < 1.29 is 13.2 Å². The topological polar surface area (TPSA) is 24.9 Å². The number of nitrogens with zero attached hydrogens (tertiary/aromatic N) is 1. The summed E-state index contributed by atoms with van der Waals surface area (Å²) in [5.41, 5.74) is 0.204. The maximum absolute atomic E-state index is 12.5. The number of nitrogens with one attached hydrogen (secondary N) is 1. The van der Waals surface area contributed by atoms with Crippen molar-refractivity contribution in [2.75, 3.05) is 0 Å². The minimum absolute atomic E-state index is 0.0264. The third-order valence-corrected chi connectivity index (χ3v) is 3.88. The molecule has 2 rings (SSSR count). The van der Waals surface area contributed by atoms with E-state index in [1.54, 1.807) is 11.3 Å². The largest absolute Gasteiger partial charge is 0.416 e. The molecule has 0 aliphatic heterocycles. The normalized spacial score (nSPS) is 13.4. The summed E-state index contributed by atoms with van der Waals surface area (Å²) in [4.78, 5) is 5.38. The molecule has 0 bridgehead atoms. The monoisotopic (exact) mass is 300 g/mol.